The van der Waals surface area contributed by atoms with Crippen LogP contribution < -0.4 is 0 Å². The van der Waals surface area contributed by atoms with Crippen LogP contribution in [0, 0.1) is 6.92 Å². The molecule has 0 bridgehead atoms. The zero-order valence-corrected chi connectivity index (χ0v) is 16.0. The lowest BCUT2D eigenvalue weighted by molar-refractivity contribution is -0.139. The fourth-order valence-electron chi connectivity index (χ4n) is 3.57. The number of hydrogen-bond acceptors (Lipinski definition) is 5. The quantitative estimate of drug-likeness (QED) is 0.822. The molecule has 1 fully saturated rings. The van der Waals surface area contributed by atoms with Gasteiger partial charge in [0.05, 0.1) is 23.1 Å². The van der Waals surface area contributed by atoms with E-state index in [1.807, 2.05) is 28.6 Å². The first-order valence-electron chi connectivity index (χ1n) is 9.19. The first kappa shape index (κ1) is 18.5. The minimum atomic E-state index is -0.0257. The summed E-state index contributed by atoms with van der Waals surface area (Å²) in [4.78, 5) is 23.6. The van der Waals surface area contributed by atoms with Crippen molar-refractivity contribution in [2.45, 2.75) is 52.1 Å². The fourth-order valence-corrected chi connectivity index (χ4v) is 3.57. The summed E-state index contributed by atoms with van der Waals surface area (Å²) in [7, 11) is 1.55. The van der Waals surface area contributed by atoms with E-state index in [-0.39, 0.29) is 24.6 Å². The van der Waals surface area contributed by atoms with Crippen LogP contribution in [0.4, 0.5) is 0 Å². The van der Waals surface area contributed by atoms with Gasteiger partial charge in [0.1, 0.15) is 12.4 Å². The van der Waals surface area contributed by atoms with Gasteiger partial charge >= 0.3 is 0 Å². The van der Waals surface area contributed by atoms with Gasteiger partial charge < -0.3 is 9.64 Å². The Balaban J connectivity index is 1.98. The third-order valence-electron chi connectivity index (χ3n) is 4.71. The molecule has 1 saturated heterocycles. The molecule has 3 rings (SSSR count). The van der Waals surface area contributed by atoms with E-state index in [0.29, 0.717) is 5.82 Å². The summed E-state index contributed by atoms with van der Waals surface area (Å²) in [6.07, 6.45) is 4.81. The summed E-state index contributed by atoms with van der Waals surface area (Å²) < 4.78 is 7.01. The molecule has 0 aromatic carbocycles. The molecular weight excluding hydrogens is 330 g/mol. The van der Waals surface area contributed by atoms with Crippen molar-refractivity contribution >= 4 is 5.91 Å². The third-order valence-corrected chi connectivity index (χ3v) is 4.71. The lowest BCUT2D eigenvalue weighted by Gasteiger charge is -2.35. The minimum absolute atomic E-state index is 0.0160. The Morgan fingerprint density at radius 2 is 2.15 bits per heavy atom. The lowest BCUT2D eigenvalue weighted by Crippen LogP contribution is -2.40. The Kier molecular flexibility index (Phi) is 5.66. The molecular formula is C19H27N5O2. The number of likely N-dealkylation sites (tertiary alicyclic amines) is 1. The maximum Gasteiger partial charge on any atom is 0.249 e. The van der Waals surface area contributed by atoms with E-state index in [9.17, 15) is 4.79 Å². The van der Waals surface area contributed by atoms with Gasteiger partial charge in [-0.05, 0) is 52.2 Å². The molecule has 26 heavy (non-hydrogen) atoms. The number of aromatic nitrogens is 4. The van der Waals surface area contributed by atoms with E-state index in [1.165, 1.54) is 0 Å². The highest BCUT2D eigenvalue weighted by Crippen LogP contribution is 2.32. The summed E-state index contributed by atoms with van der Waals surface area (Å²) in [5.74, 6) is 0.723. The monoisotopic (exact) mass is 357 g/mol. The molecule has 0 aliphatic carbocycles. The maximum atomic E-state index is 12.5. The molecule has 7 heteroatoms. The topological polar surface area (TPSA) is 73.1 Å². The Morgan fingerprint density at radius 3 is 2.88 bits per heavy atom. The molecule has 3 heterocycles. The summed E-state index contributed by atoms with van der Waals surface area (Å²) in [5.41, 5.74) is 2.72. The maximum absolute atomic E-state index is 12.5. The molecule has 7 nitrogen and oxygen atoms in total. The van der Waals surface area contributed by atoms with Crippen LogP contribution in [0.3, 0.4) is 0 Å². The molecule has 1 amide bonds. The van der Waals surface area contributed by atoms with E-state index in [1.54, 1.807) is 13.3 Å². The number of hydrogen-bond donors (Lipinski definition) is 0. The summed E-state index contributed by atoms with van der Waals surface area (Å²) >= 11 is 0. The van der Waals surface area contributed by atoms with Crippen LogP contribution in [0.1, 0.15) is 56.7 Å². The number of carbonyl (C=O) groups excluding carboxylic acids is 1. The van der Waals surface area contributed by atoms with Crippen LogP contribution in [0.15, 0.2) is 18.3 Å². The Hall–Kier alpha value is -2.28. The number of carbonyl (C=O) groups is 1. The number of nitrogens with zero attached hydrogens (tertiary/aromatic N) is 5. The summed E-state index contributed by atoms with van der Waals surface area (Å²) in [6, 6.07) is 4.20. The molecule has 0 unspecified atom stereocenters. The smallest absolute Gasteiger partial charge is 0.249 e. The van der Waals surface area contributed by atoms with Crippen molar-refractivity contribution in [2.75, 3.05) is 20.3 Å². The Bertz CT molecular complexity index is 771. The van der Waals surface area contributed by atoms with Crippen molar-refractivity contribution < 1.29 is 9.53 Å². The highest BCUT2D eigenvalue weighted by molar-refractivity contribution is 5.78. The molecule has 0 radical (unpaired) electrons. The van der Waals surface area contributed by atoms with E-state index in [4.69, 9.17) is 4.74 Å². The fraction of sp³-hybridized carbons (Fsp3) is 0.579. The minimum Gasteiger partial charge on any atom is -0.375 e. The van der Waals surface area contributed by atoms with E-state index < -0.39 is 0 Å². The van der Waals surface area contributed by atoms with Crippen molar-refractivity contribution in [1.29, 1.82) is 0 Å². The zero-order chi connectivity index (χ0) is 18.7. The summed E-state index contributed by atoms with van der Waals surface area (Å²) in [6.45, 7) is 6.94. The van der Waals surface area contributed by atoms with Gasteiger partial charge in [0.2, 0.25) is 5.91 Å². The van der Waals surface area contributed by atoms with Gasteiger partial charge in [-0.1, -0.05) is 0 Å². The van der Waals surface area contributed by atoms with Crippen molar-refractivity contribution in [3.05, 3.63) is 29.8 Å². The van der Waals surface area contributed by atoms with Crippen LogP contribution in [-0.2, 0) is 9.53 Å². The van der Waals surface area contributed by atoms with Gasteiger partial charge in [0.25, 0.3) is 0 Å². The van der Waals surface area contributed by atoms with Gasteiger partial charge in [-0.15, -0.1) is 0 Å². The second-order valence-electron chi connectivity index (χ2n) is 7.01. The van der Waals surface area contributed by atoms with Gasteiger partial charge in [-0.25, -0.2) is 9.97 Å². The van der Waals surface area contributed by atoms with Crippen molar-refractivity contribution in [3.8, 4) is 11.4 Å². The normalized spacial score (nSPS) is 17.7. The van der Waals surface area contributed by atoms with Gasteiger partial charge in [0.15, 0.2) is 0 Å². The van der Waals surface area contributed by atoms with Gasteiger partial charge in [0, 0.05) is 25.9 Å². The Labute approximate surface area is 154 Å². The number of methoxy groups -OCH3 is 1. The molecule has 0 N–H and O–H groups in total. The van der Waals surface area contributed by atoms with Crippen molar-refractivity contribution in [3.63, 3.8) is 0 Å². The van der Waals surface area contributed by atoms with Gasteiger partial charge in [-0.2, -0.15) is 5.10 Å². The second kappa shape index (κ2) is 7.95. The predicted molar refractivity (Wildman–Crippen MR) is 98.6 cm³/mol. The lowest BCUT2D eigenvalue weighted by atomic mass is 9.98. The summed E-state index contributed by atoms with van der Waals surface area (Å²) in [5, 5.41) is 4.41. The van der Waals surface area contributed by atoms with Crippen LogP contribution in [-0.4, -0.2) is 50.8 Å². The number of ether oxygens (including phenoxy) is 1. The number of aryl methyl sites for hydroxylation is 1. The first-order valence-corrected chi connectivity index (χ1v) is 9.19. The third kappa shape index (κ3) is 3.77. The second-order valence-corrected chi connectivity index (χ2v) is 7.01. The van der Waals surface area contributed by atoms with E-state index in [2.05, 4.69) is 28.9 Å². The highest BCUT2D eigenvalue weighted by atomic mass is 16.5. The Morgan fingerprint density at radius 1 is 1.35 bits per heavy atom. The average Bonchev–Trinajstić information content (AvgIpc) is 3.11. The molecule has 2 aromatic rings. The molecule has 2 aromatic heterocycles. The molecule has 1 atom stereocenters. The molecule has 1 aliphatic rings. The van der Waals surface area contributed by atoms with Crippen LogP contribution in [0.5, 0.6) is 0 Å². The number of piperidine rings is 1. The van der Waals surface area contributed by atoms with Crippen molar-refractivity contribution in [2.24, 2.45) is 0 Å². The van der Waals surface area contributed by atoms with Crippen molar-refractivity contribution in [1.82, 2.24) is 24.6 Å². The van der Waals surface area contributed by atoms with E-state index in [0.717, 1.165) is 42.9 Å². The molecule has 0 saturated carbocycles. The predicted octanol–water partition coefficient (Wildman–Crippen LogP) is 2.93. The standard InChI is InChI=1S/C19H27N5O2/c1-13(2)24-18(8-9-20-24)16-11-15(21-14(3)22-16)17-7-5-6-10-23(17)19(25)12-26-4/h8-9,11,13,17H,5-7,10,12H2,1-4H3/t17-/m0/s1. The van der Waals surface area contributed by atoms with Gasteiger partial charge in [-0.3, -0.25) is 9.48 Å². The first-order chi connectivity index (χ1) is 12.5. The van der Waals surface area contributed by atoms with E-state index >= 15 is 0 Å². The highest BCUT2D eigenvalue weighted by Gasteiger charge is 2.29. The SMILES string of the molecule is COCC(=O)N1CCCC[C@H]1c1cc(-c2ccnn2C(C)C)nc(C)n1. The largest absolute Gasteiger partial charge is 0.375 e. The zero-order valence-electron chi connectivity index (χ0n) is 16.0. The number of rotatable bonds is 5. The average molecular weight is 357 g/mol. The number of amides is 1. The van der Waals surface area contributed by atoms with Crippen LogP contribution >= 0.6 is 0 Å². The molecule has 1 aliphatic heterocycles. The van der Waals surface area contributed by atoms with Crippen LogP contribution in [0.25, 0.3) is 11.4 Å². The molecule has 140 valence electrons. The molecule has 0 spiro atoms. The van der Waals surface area contributed by atoms with Crippen LogP contribution in [0.2, 0.25) is 0 Å².